The van der Waals surface area contributed by atoms with Crippen molar-refractivity contribution in [1.29, 1.82) is 0 Å². The summed E-state index contributed by atoms with van der Waals surface area (Å²) in [6.07, 6.45) is -0.271. The molecule has 0 fully saturated rings. The lowest BCUT2D eigenvalue weighted by Gasteiger charge is -2.33. The van der Waals surface area contributed by atoms with E-state index in [1.807, 2.05) is 18.7 Å². The van der Waals surface area contributed by atoms with Gasteiger partial charge >= 0.3 is 0 Å². The van der Waals surface area contributed by atoms with Gasteiger partial charge in [-0.1, -0.05) is 24.6 Å². The molecule has 1 aromatic carbocycles. The third kappa shape index (κ3) is 3.53. The molecule has 2 atom stereocenters. The number of hydrogen-bond acceptors (Lipinski definition) is 2. The molecule has 0 saturated heterocycles. The zero-order valence-corrected chi connectivity index (χ0v) is 11.6. The Morgan fingerprint density at radius 1 is 1.25 bits per heavy atom. The molecule has 2 heteroatoms. The fraction of sp³-hybridized carbons (Fsp3) is 0.571. The Morgan fingerprint density at radius 2 is 1.88 bits per heavy atom. The summed E-state index contributed by atoms with van der Waals surface area (Å²) in [6, 6.07) is 8.52. The van der Waals surface area contributed by atoms with Crippen molar-refractivity contribution in [3.8, 4) is 0 Å². The van der Waals surface area contributed by atoms with Gasteiger partial charge in [-0.2, -0.15) is 0 Å². The summed E-state index contributed by atoms with van der Waals surface area (Å²) in [6.45, 7) is 10.5. The van der Waals surface area contributed by atoms with Crippen LogP contribution in [-0.2, 0) is 0 Å². The summed E-state index contributed by atoms with van der Waals surface area (Å²) in [5.41, 5.74) is 1.28. The SMILES string of the molecule is Cc1cccc(SC(C)(C)C(C)C(C)O)c1. The predicted molar refractivity (Wildman–Crippen MR) is 72.0 cm³/mol. The van der Waals surface area contributed by atoms with Crippen LogP contribution in [0.1, 0.15) is 33.3 Å². The molecule has 90 valence electrons. The van der Waals surface area contributed by atoms with E-state index in [9.17, 15) is 5.11 Å². The van der Waals surface area contributed by atoms with Crippen LogP contribution in [0.4, 0.5) is 0 Å². The van der Waals surface area contributed by atoms with Crippen molar-refractivity contribution in [2.24, 2.45) is 5.92 Å². The second-order valence-electron chi connectivity index (χ2n) is 5.05. The molecule has 0 aliphatic rings. The van der Waals surface area contributed by atoms with Crippen molar-refractivity contribution >= 4 is 11.8 Å². The third-order valence-corrected chi connectivity index (χ3v) is 4.58. The van der Waals surface area contributed by atoms with Crippen LogP contribution in [0.25, 0.3) is 0 Å². The van der Waals surface area contributed by atoms with Gasteiger partial charge in [0.15, 0.2) is 0 Å². The van der Waals surface area contributed by atoms with Crippen LogP contribution >= 0.6 is 11.8 Å². The van der Waals surface area contributed by atoms with Crippen LogP contribution in [0.3, 0.4) is 0 Å². The summed E-state index contributed by atoms with van der Waals surface area (Å²) >= 11 is 1.84. The maximum Gasteiger partial charge on any atom is 0.0550 e. The molecule has 0 radical (unpaired) electrons. The van der Waals surface area contributed by atoms with E-state index in [1.54, 1.807) is 0 Å². The van der Waals surface area contributed by atoms with Crippen molar-refractivity contribution in [2.75, 3.05) is 0 Å². The Kier molecular flexibility index (Phi) is 4.45. The highest BCUT2D eigenvalue weighted by Crippen LogP contribution is 2.39. The first-order valence-electron chi connectivity index (χ1n) is 5.76. The van der Waals surface area contributed by atoms with Crippen LogP contribution in [0.5, 0.6) is 0 Å². The number of benzene rings is 1. The number of aliphatic hydroxyl groups excluding tert-OH is 1. The second kappa shape index (κ2) is 5.24. The molecule has 0 aliphatic heterocycles. The number of thioether (sulfide) groups is 1. The average molecular weight is 238 g/mol. The molecule has 0 bridgehead atoms. The van der Waals surface area contributed by atoms with Crippen LogP contribution in [-0.4, -0.2) is 16.0 Å². The summed E-state index contributed by atoms with van der Waals surface area (Å²) < 4.78 is 0.0436. The first-order chi connectivity index (χ1) is 7.33. The number of hydrogen-bond donors (Lipinski definition) is 1. The topological polar surface area (TPSA) is 20.2 Å². The highest BCUT2D eigenvalue weighted by Gasteiger charge is 2.30. The standard InChI is InChI=1S/C14H22OS/c1-10-7-6-8-13(9-10)16-14(4,5)11(2)12(3)15/h6-9,11-12,15H,1-5H3. The summed E-state index contributed by atoms with van der Waals surface area (Å²) in [5.74, 6) is 0.262. The molecular formula is C14H22OS. The lowest BCUT2D eigenvalue weighted by molar-refractivity contribution is 0.118. The van der Waals surface area contributed by atoms with Gasteiger partial charge in [0.25, 0.3) is 0 Å². The van der Waals surface area contributed by atoms with E-state index >= 15 is 0 Å². The van der Waals surface area contributed by atoms with E-state index in [4.69, 9.17) is 0 Å². The molecule has 1 rings (SSSR count). The lowest BCUT2D eigenvalue weighted by atomic mass is 9.92. The Hall–Kier alpha value is -0.470. The van der Waals surface area contributed by atoms with Crippen LogP contribution in [0.2, 0.25) is 0 Å². The van der Waals surface area contributed by atoms with Crippen molar-refractivity contribution in [2.45, 2.75) is 50.4 Å². The first kappa shape index (κ1) is 13.6. The van der Waals surface area contributed by atoms with E-state index in [1.165, 1.54) is 10.5 Å². The second-order valence-corrected chi connectivity index (χ2v) is 6.78. The average Bonchev–Trinajstić information content (AvgIpc) is 2.15. The number of aliphatic hydroxyl groups is 1. The Morgan fingerprint density at radius 3 is 2.38 bits per heavy atom. The quantitative estimate of drug-likeness (QED) is 0.803. The number of rotatable bonds is 4. The molecule has 0 amide bonds. The number of aryl methyl sites for hydroxylation is 1. The van der Waals surface area contributed by atoms with Gasteiger partial charge in [0.1, 0.15) is 0 Å². The van der Waals surface area contributed by atoms with E-state index in [-0.39, 0.29) is 16.8 Å². The predicted octanol–water partition coefficient (Wildman–Crippen LogP) is 3.88. The minimum absolute atomic E-state index is 0.0436. The monoisotopic (exact) mass is 238 g/mol. The van der Waals surface area contributed by atoms with Gasteiger partial charge in [0.2, 0.25) is 0 Å². The molecule has 16 heavy (non-hydrogen) atoms. The van der Waals surface area contributed by atoms with Gasteiger partial charge < -0.3 is 5.11 Å². The molecule has 0 heterocycles. The third-order valence-electron chi connectivity index (χ3n) is 3.19. The molecule has 0 spiro atoms. The zero-order valence-electron chi connectivity index (χ0n) is 10.8. The van der Waals surface area contributed by atoms with Gasteiger partial charge in [-0.3, -0.25) is 0 Å². The largest absolute Gasteiger partial charge is 0.393 e. The van der Waals surface area contributed by atoms with E-state index < -0.39 is 0 Å². The molecule has 0 saturated carbocycles. The highest BCUT2D eigenvalue weighted by molar-refractivity contribution is 8.00. The molecular weight excluding hydrogens is 216 g/mol. The van der Waals surface area contributed by atoms with Crippen molar-refractivity contribution < 1.29 is 5.11 Å². The fourth-order valence-electron chi connectivity index (χ4n) is 1.66. The van der Waals surface area contributed by atoms with Gasteiger partial charge in [-0.05, 0) is 45.7 Å². The smallest absolute Gasteiger partial charge is 0.0550 e. The van der Waals surface area contributed by atoms with Gasteiger partial charge in [-0.15, -0.1) is 11.8 Å². The van der Waals surface area contributed by atoms with Crippen molar-refractivity contribution in [3.05, 3.63) is 29.8 Å². The Balaban J connectivity index is 2.80. The maximum atomic E-state index is 9.68. The molecule has 1 aromatic rings. The molecule has 0 aromatic heterocycles. The fourth-order valence-corrected chi connectivity index (χ4v) is 3.04. The van der Waals surface area contributed by atoms with Crippen LogP contribution in [0.15, 0.2) is 29.2 Å². The van der Waals surface area contributed by atoms with Crippen LogP contribution in [0, 0.1) is 12.8 Å². The van der Waals surface area contributed by atoms with Crippen molar-refractivity contribution in [3.63, 3.8) is 0 Å². The van der Waals surface area contributed by atoms with Gasteiger partial charge in [0.05, 0.1) is 6.10 Å². The zero-order chi connectivity index (χ0) is 12.3. The molecule has 1 nitrogen and oxygen atoms in total. The normalized spacial score (nSPS) is 15.9. The lowest BCUT2D eigenvalue weighted by Crippen LogP contribution is -2.33. The summed E-state index contributed by atoms with van der Waals surface area (Å²) in [7, 11) is 0. The van der Waals surface area contributed by atoms with E-state index in [0.717, 1.165) is 0 Å². The van der Waals surface area contributed by atoms with Gasteiger partial charge in [0, 0.05) is 9.64 Å². The summed E-state index contributed by atoms with van der Waals surface area (Å²) in [5, 5.41) is 9.68. The maximum absolute atomic E-state index is 9.68. The molecule has 2 unspecified atom stereocenters. The molecule has 1 N–H and O–H groups in total. The van der Waals surface area contributed by atoms with E-state index in [2.05, 4.69) is 52.0 Å². The Bertz CT molecular complexity index is 344. The highest BCUT2D eigenvalue weighted by atomic mass is 32.2. The minimum Gasteiger partial charge on any atom is -0.393 e. The summed E-state index contributed by atoms with van der Waals surface area (Å²) in [4.78, 5) is 1.28. The van der Waals surface area contributed by atoms with E-state index in [0.29, 0.717) is 0 Å². The molecule has 0 aliphatic carbocycles. The van der Waals surface area contributed by atoms with Crippen molar-refractivity contribution in [1.82, 2.24) is 0 Å². The van der Waals surface area contributed by atoms with Crippen LogP contribution < -0.4 is 0 Å². The Labute approximate surface area is 103 Å². The first-order valence-corrected chi connectivity index (χ1v) is 6.58. The van der Waals surface area contributed by atoms with Gasteiger partial charge in [-0.25, -0.2) is 0 Å². The minimum atomic E-state index is -0.271.